The Bertz CT molecular complexity index is 453. The number of amides is 2. The fraction of sp³-hybridized carbons (Fsp3) is 0.467. The van der Waals surface area contributed by atoms with Crippen molar-refractivity contribution in [2.45, 2.75) is 32.7 Å². The smallest absolute Gasteiger partial charge is 0.254 e. The second-order valence-corrected chi connectivity index (χ2v) is 4.63. The van der Waals surface area contributed by atoms with Gasteiger partial charge in [-0.25, -0.2) is 0 Å². The molecule has 0 radical (unpaired) electrons. The first-order valence-electron chi connectivity index (χ1n) is 6.86. The third kappa shape index (κ3) is 3.81. The zero-order valence-electron chi connectivity index (χ0n) is 12.0. The number of rotatable bonds is 7. The van der Waals surface area contributed by atoms with Gasteiger partial charge >= 0.3 is 0 Å². The third-order valence-electron chi connectivity index (χ3n) is 3.40. The molecule has 0 atom stereocenters. The number of hydrogen-bond acceptors (Lipinski definition) is 3. The van der Waals surface area contributed by atoms with Gasteiger partial charge in [-0.3, -0.25) is 9.59 Å². The molecule has 0 spiro atoms. The standard InChI is InChI=1S/C15H22N2O3/c1-3-13(4-2)17(9-10-18)15(20)12-7-5-11(6-8-12)14(16)19/h5-8,13,18H,3-4,9-10H2,1-2H3,(H2,16,19). The van der Waals surface area contributed by atoms with Crippen molar-refractivity contribution in [2.24, 2.45) is 5.73 Å². The molecule has 1 aromatic rings. The maximum absolute atomic E-state index is 12.5. The third-order valence-corrected chi connectivity index (χ3v) is 3.40. The highest BCUT2D eigenvalue weighted by atomic mass is 16.3. The predicted molar refractivity (Wildman–Crippen MR) is 77.5 cm³/mol. The van der Waals surface area contributed by atoms with Crippen LogP contribution >= 0.6 is 0 Å². The molecule has 0 aliphatic rings. The monoisotopic (exact) mass is 278 g/mol. The second-order valence-electron chi connectivity index (χ2n) is 4.63. The molecular weight excluding hydrogens is 256 g/mol. The van der Waals surface area contributed by atoms with Crippen LogP contribution in [0.4, 0.5) is 0 Å². The summed E-state index contributed by atoms with van der Waals surface area (Å²) in [6.07, 6.45) is 1.67. The number of nitrogens with zero attached hydrogens (tertiary/aromatic N) is 1. The first kappa shape index (κ1) is 16.2. The summed E-state index contributed by atoms with van der Waals surface area (Å²) in [7, 11) is 0. The minimum absolute atomic E-state index is 0.0678. The van der Waals surface area contributed by atoms with E-state index in [1.165, 1.54) is 0 Å². The van der Waals surface area contributed by atoms with Crippen molar-refractivity contribution in [3.63, 3.8) is 0 Å². The molecule has 1 rings (SSSR count). The van der Waals surface area contributed by atoms with Crippen molar-refractivity contribution in [2.75, 3.05) is 13.2 Å². The Morgan fingerprint density at radius 2 is 1.65 bits per heavy atom. The quantitative estimate of drug-likeness (QED) is 0.791. The van der Waals surface area contributed by atoms with Crippen LogP contribution in [0, 0.1) is 0 Å². The Morgan fingerprint density at radius 3 is 2.05 bits per heavy atom. The van der Waals surface area contributed by atoms with Gasteiger partial charge < -0.3 is 15.7 Å². The van der Waals surface area contributed by atoms with Crippen LogP contribution in [0.15, 0.2) is 24.3 Å². The molecule has 0 heterocycles. The molecular formula is C15H22N2O3. The molecule has 5 heteroatoms. The van der Waals surface area contributed by atoms with Gasteiger partial charge in [-0.05, 0) is 37.1 Å². The Hall–Kier alpha value is -1.88. The van der Waals surface area contributed by atoms with E-state index >= 15 is 0 Å². The lowest BCUT2D eigenvalue weighted by atomic mass is 10.1. The fourth-order valence-corrected chi connectivity index (χ4v) is 2.23. The van der Waals surface area contributed by atoms with E-state index in [0.29, 0.717) is 17.7 Å². The molecule has 0 bridgehead atoms. The summed E-state index contributed by atoms with van der Waals surface area (Å²) in [5, 5.41) is 9.13. The number of carbonyl (C=O) groups is 2. The van der Waals surface area contributed by atoms with Gasteiger partial charge in [0.15, 0.2) is 0 Å². The lowest BCUT2D eigenvalue weighted by Crippen LogP contribution is -2.41. The van der Waals surface area contributed by atoms with Crippen molar-refractivity contribution in [1.29, 1.82) is 0 Å². The summed E-state index contributed by atoms with van der Waals surface area (Å²) in [6, 6.07) is 6.37. The first-order valence-corrected chi connectivity index (χ1v) is 6.86. The van der Waals surface area contributed by atoms with Gasteiger partial charge in [0.2, 0.25) is 5.91 Å². The largest absolute Gasteiger partial charge is 0.395 e. The number of aliphatic hydroxyl groups is 1. The molecule has 0 aliphatic carbocycles. The molecule has 2 amide bonds. The number of primary amides is 1. The Morgan fingerprint density at radius 1 is 1.15 bits per heavy atom. The van der Waals surface area contributed by atoms with Crippen molar-refractivity contribution in [3.8, 4) is 0 Å². The van der Waals surface area contributed by atoms with Crippen LogP contribution in [0.25, 0.3) is 0 Å². The van der Waals surface area contributed by atoms with Gasteiger partial charge in [0.05, 0.1) is 6.61 Å². The highest BCUT2D eigenvalue weighted by Crippen LogP contribution is 2.14. The summed E-state index contributed by atoms with van der Waals surface area (Å²) >= 11 is 0. The molecule has 1 aromatic carbocycles. The van der Waals surface area contributed by atoms with Gasteiger partial charge in [0, 0.05) is 23.7 Å². The molecule has 110 valence electrons. The van der Waals surface area contributed by atoms with E-state index in [1.807, 2.05) is 13.8 Å². The van der Waals surface area contributed by atoms with Gasteiger partial charge in [-0.15, -0.1) is 0 Å². The number of carbonyl (C=O) groups excluding carboxylic acids is 2. The average molecular weight is 278 g/mol. The van der Waals surface area contributed by atoms with Crippen molar-refractivity contribution >= 4 is 11.8 Å². The number of benzene rings is 1. The zero-order valence-corrected chi connectivity index (χ0v) is 12.0. The van der Waals surface area contributed by atoms with Crippen LogP contribution in [-0.2, 0) is 0 Å². The minimum atomic E-state index is -0.517. The molecule has 5 nitrogen and oxygen atoms in total. The van der Waals surface area contributed by atoms with Crippen LogP contribution in [0.3, 0.4) is 0 Å². The second kappa shape index (κ2) is 7.65. The first-order chi connectivity index (χ1) is 9.54. The van der Waals surface area contributed by atoms with Gasteiger partial charge in [0.25, 0.3) is 5.91 Å². The van der Waals surface area contributed by atoms with Crippen LogP contribution in [0.1, 0.15) is 47.4 Å². The van der Waals surface area contributed by atoms with E-state index in [9.17, 15) is 9.59 Å². The van der Waals surface area contributed by atoms with E-state index in [-0.39, 0.29) is 18.6 Å². The number of hydrogen-bond donors (Lipinski definition) is 2. The molecule has 0 saturated heterocycles. The van der Waals surface area contributed by atoms with Crippen molar-refractivity contribution in [3.05, 3.63) is 35.4 Å². The maximum atomic E-state index is 12.5. The van der Waals surface area contributed by atoms with Crippen LogP contribution in [0.5, 0.6) is 0 Å². The SMILES string of the molecule is CCC(CC)N(CCO)C(=O)c1ccc(C(N)=O)cc1. The highest BCUT2D eigenvalue weighted by molar-refractivity contribution is 5.97. The van der Waals surface area contributed by atoms with Gasteiger partial charge in [-0.1, -0.05) is 13.8 Å². The zero-order chi connectivity index (χ0) is 15.1. The molecule has 0 aliphatic heterocycles. The van der Waals surface area contributed by atoms with Gasteiger partial charge in [-0.2, -0.15) is 0 Å². The lowest BCUT2D eigenvalue weighted by molar-refractivity contribution is 0.0622. The topological polar surface area (TPSA) is 83.6 Å². The normalized spacial score (nSPS) is 10.6. The summed E-state index contributed by atoms with van der Waals surface area (Å²) in [6.45, 7) is 4.27. The molecule has 20 heavy (non-hydrogen) atoms. The molecule has 0 aromatic heterocycles. The summed E-state index contributed by atoms with van der Waals surface area (Å²) in [5.74, 6) is -0.653. The van der Waals surface area contributed by atoms with E-state index in [0.717, 1.165) is 12.8 Å². The van der Waals surface area contributed by atoms with Crippen molar-refractivity contribution < 1.29 is 14.7 Å². The molecule has 0 fully saturated rings. The Balaban J connectivity index is 2.96. The fourth-order valence-electron chi connectivity index (χ4n) is 2.23. The summed E-state index contributed by atoms with van der Waals surface area (Å²) in [4.78, 5) is 25.2. The number of nitrogens with two attached hydrogens (primary N) is 1. The van der Waals surface area contributed by atoms with Crippen LogP contribution in [0.2, 0.25) is 0 Å². The number of aliphatic hydroxyl groups excluding tert-OH is 1. The maximum Gasteiger partial charge on any atom is 0.254 e. The molecule has 3 N–H and O–H groups in total. The van der Waals surface area contributed by atoms with Crippen LogP contribution < -0.4 is 5.73 Å². The van der Waals surface area contributed by atoms with Crippen molar-refractivity contribution in [1.82, 2.24) is 4.90 Å². The Labute approximate surface area is 119 Å². The van der Waals surface area contributed by atoms with E-state index < -0.39 is 5.91 Å². The molecule has 0 unspecified atom stereocenters. The summed E-state index contributed by atoms with van der Waals surface area (Å²) in [5.41, 5.74) is 6.04. The van der Waals surface area contributed by atoms with E-state index in [1.54, 1.807) is 29.2 Å². The highest BCUT2D eigenvalue weighted by Gasteiger charge is 2.21. The predicted octanol–water partition coefficient (Wildman–Crippen LogP) is 1.41. The van der Waals surface area contributed by atoms with E-state index in [4.69, 9.17) is 10.8 Å². The lowest BCUT2D eigenvalue weighted by Gasteiger charge is -2.30. The molecule has 0 saturated carbocycles. The van der Waals surface area contributed by atoms with Crippen LogP contribution in [-0.4, -0.2) is 41.0 Å². The Kier molecular flexibility index (Phi) is 6.18. The minimum Gasteiger partial charge on any atom is -0.395 e. The van der Waals surface area contributed by atoms with Gasteiger partial charge in [0.1, 0.15) is 0 Å². The average Bonchev–Trinajstić information content (AvgIpc) is 2.47. The van der Waals surface area contributed by atoms with E-state index in [2.05, 4.69) is 0 Å². The summed E-state index contributed by atoms with van der Waals surface area (Å²) < 4.78 is 0.